The van der Waals surface area contributed by atoms with Gasteiger partial charge in [-0.2, -0.15) is 0 Å². The second-order valence-corrected chi connectivity index (χ2v) is 5.26. The van der Waals surface area contributed by atoms with Crippen LogP contribution in [0.5, 0.6) is 0 Å². The third-order valence-corrected chi connectivity index (χ3v) is 3.54. The van der Waals surface area contributed by atoms with Crippen molar-refractivity contribution in [1.29, 1.82) is 0 Å². The Morgan fingerprint density at radius 2 is 2.14 bits per heavy atom. The Balaban J connectivity index is 1.91. The molecule has 1 amide bonds. The molecule has 5 nitrogen and oxygen atoms in total. The molecule has 1 aromatic heterocycles. The van der Waals surface area contributed by atoms with E-state index in [-0.39, 0.29) is 5.91 Å². The normalized spacial score (nSPS) is 10.7. The Hall–Kier alpha value is -2.14. The molecule has 0 fully saturated rings. The standard InChI is InChI=1S/C17H22N2O3/c1-12-4-5-14(10-13(12)2)15-11-19-17(22-15)7-6-16(20)18-8-9-21-3/h4-5,10-11H,6-9H2,1-3H3,(H,18,20). The Labute approximate surface area is 130 Å². The molecular weight excluding hydrogens is 280 g/mol. The van der Waals surface area contributed by atoms with Gasteiger partial charge in [0.25, 0.3) is 0 Å². The van der Waals surface area contributed by atoms with Crippen LogP contribution in [0.15, 0.2) is 28.8 Å². The van der Waals surface area contributed by atoms with Crippen molar-refractivity contribution >= 4 is 5.91 Å². The highest BCUT2D eigenvalue weighted by molar-refractivity contribution is 5.76. The van der Waals surface area contributed by atoms with Crippen LogP contribution in [0.25, 0.3) is 11.3 Å². The molecule has 1 N–H and O–H groups in total. The minimum absolute atomic E-state index is 0.0250. The molecule has 0 bridgehead atoms. The molecule has 0 aliphatic rings. The predicted molar refractivity (Wildman–Crippen MR) is 84.6 cm³/mol. The topological polar surface area (TPSA) is 64.4 Å². The summed E-state index contributed by atoms with van der Waals surface area (Å²) in [5.74, 6) is 1.29. The average molecular weight is 302 g/mol. The molecule has 0 saturated carbocycles. The number of oxazole rings is 1. The van der Waals surface area contributed by atoms with Crippen molar-refractivity contribution in [2.24, 2.45) is 0 Å². The SMILES string of the molecule is COCCNC(=O)CCc1ncc(-c2ccc(C)c(C)c2)o1. The van der Waals surface area contributed by atoms with E-state index in [1.165, 1.54) is 11.1 Å². The molecule has 0 saturated heterocycles. The Kier molecular flexibility index (Phi) is 5.72. The Bertz CT molecular complexity index is 635. The first-order valence-corrected chi connectivity index (χ1v) is 7.38. The lowest BCUT2D eigenvalue weighted by Gasteiger charge is -2.03. The van der Waals surface area contributed by atoms with Gasteiger partial charge in [-0.05, 0) is 31.0 Å². The highest BCUT2D eigenvalue weighted by Gasteiger charge is 2.09. The van der Waals surface area contributed by atoms with E-state index in [0.29, 0.717) is 31.9 Å². The number of rotatable bonds is 7. The molecule has 0 aliphatic carbocycles. The van der Waals surface area contributed by atoms with Gasteiger partial charge in [-0.1, -0.05) is 12.1 Å². The van der Waals surface area contributed by atoms with Crippen molar-refractivity contribution in [2.75, 3.05) is 20.3 Å². The van der Waals surface area contributed by atoms with Crippen molar-refractivity contribution < 1.29 is 13.9 Å². The van der Waals surface area contributed by atoms with Crippen molar-refractivity contribution in [3.8, 4) is 11.3 Å². The van der Waals surface area contributed by atoms with E-state index in [1.54, 1.807) is 13.3 Å². The molecule has 1 heterocycles. The lowest BCUT2D eigenvalue weighted by atomic mass is 10.1. The lowest BCUT2D eigenvalue weighted by Crippen LogP contribution is -2.27. The third-order valence-electron chi connectivity index (χ3n) is 3.54. The van der Waals surface area contributed by atoms with Crippen LogP contribution in [0.1, 0.15) is 23.4 Å². The molecule has 2 rings (SSSR count). The van der Waals surface area contributed by atoms with E-state index in [1.807, 2.05) is 6.07 Å². The van der Waals surface area contributed by atoms with Gasteiger partial charge in [0.2, 0.25) is 5.91 Å². The first-order valence-electron chi connectivity index (χ1n) is 7.38. The molecule has 0 aliphatic heterocycles. The van der Waals surface area contributed by atoms with Crippen molar-refractivity contribution in [2.45, 2.75) is 26.7 Å². The number of amides is 1. The number of hydrogen-bond donors (Lipinski definition) is 1. The van der Waals surface area contributed by atoms with Gasteiger partial charge < -0.3 is 14.5 Å². The smallest absolute Gasteiger partial charge is 0.220 e. The molecule has 2 aromatic rings. The number of benzene rings is 1. The lowest BCUT2D eigenvalue weighted by molar-refractivity contribution is -0.121. The number of aromatic nitrogens is 1. The summed E-state index contributed by atoms with van der Waals surface area (Å²) in [6.07, 6.45) is 2.56. The zero-order valence-corrected chi connectivity index (χ0v) is 13.3. The third kappa shape index (κ3) is 4.43. The van der Waals surface area contributed by atoms with E-state index >= 15 is 0 Å². The summed E-state index contributed by atoms with van der Waals surface area (Å²) >= 11 is 0. The first-order chi connectivity index (χ1) is 10.6. The molecule has 118 valence electrons. The van der Waals surface area contributed by atoms with E-state index in [4.69, 9.17) is 9.15 Å². The van der Waals surface area contributed by atoms with Gasteiger partial charge in [0.1, 0.15) is 0 Å². The second kappa shape index (κ2) is 7.75. The fourth-order valence-electron chi connectivity index (χ4n) is 2.06. The minimum atomic E-state index is -0.0250. The largest absolute Gasteiger partial charge is 0.441 e. The number of nitrogens with one attached hydrogen (secondary N) is 1. The molecule has 0 unspecified atom stereocenters. The average Bonchev–Trinajstić information content (AvgIpc) is 2.97. The van der Waals surface area contributed by atoms with Crippen molar-refractivity contribution in [1.82, 2.24) is 10.3 Å². The van der Waals surface area contributed by atoms with Crippen LogP contribution < -0.4 is 5.32 Å². The van der Waals surface area contributed by atoms with Crippen LogP contribution in [0.3, 0.4) is 0 Å². The van der Waals surface area contributed by atoms with Gasteiger partial charge in [-0.15, -0.1) is 0 Å². The highest BCUT2D eigenvalue weighted by atomic mass is 16.5. The number of hydrogen-bond acceptors (Lipinski definition) is 4. The van der Waals surface area contributed by atoms with E-state index in [0.717, 1.165) is 11.3 Å². The van der Waals surface area contributed by atoms with E-state index < -0.39 is 0 Å². The number of aryl methyl sites for hydroxylation is 3. The predicted octanol–water partition coefficient (Wildman–Crippen LogP) is 2.65. The monoisotopic (exact) mass is 302 g/mol. The number of carbonyl (C=O) groups is 1. The first kappa shape index (κ1) is 16.2. The van der Waals surface area contributed by atoms with Crippen LogP contribution in [0.2, 0.25) is 0 Å². The number of nitrogens with zero attached hydrogens (tertiary/aromatic N) is 1. The summed E-state index contributed by atoms with van der Waals surface area (Å²) in [7, 11) is 1.60. The van der Waals surface area contributed by atoms with Gasteiger partial charge in [-0.25, -0.2) is 4.98 Å². The van der Waals surface area contributed by atoms with Crippen LogP contribution in [0.4, 0.5) is 0 Å². The molecular formula is C17H22N2O3. The maximum Gasteiger partial charge on any atom is 0.220 e. The van der Waals surface area contributed by atoms with E-state index in [2.05, 4.69) is 36.3 Å². The number of ether oxygens (including phenoxy) is 1. The summed E-state index contributed by atoms with van der Waals surface area (Å²) in [4.78, 5) is 15.9. The number of methoxy groups -OCH3 is 1. The van der Waals surface area contributed by atoms with Gasteiger partial charge in [-0.3, -0.25) is 4.79 Å². The second-order valence-electron chi connectivity index (χ2n) is 5.26. The fraction of sp³-hybridized carbons (Fsp3) is 0.412. The maximum absolute atomic E-state index is 11.6. The Morgan fingerprint density at radius 1 is 1.32 bits per heavy atom. The zero-order chi connectivity index (χ0) is 15.9. The molecule has 22 heavy (non-hydrogen) atoms. The van der Waals surface area contributed by atoms with Crippen molar-refractivity contribution in [3.63, 3.8) is 0 Å². The molecule has 1 aromatic carbocycles. The zero-order valence-electron chi connectivity index (χ0n) is 13.3. The van der Waals surface area contributed by atoms with Gasteiger partial charge in [0.15, 0.2) is 11.7 Å². The summed E-state index contributed by atoms with van der Waals surface area (Å²) in [6.45, 7) is 5.18. The minimum Gasteiger partial charge on any atom is -0.441 e. The highest BCUT2D eigenvalue weighted by Crippen LogP contribution is 2.23. The number of carbonyl (C=O) groups excluding carboxylic acids is 1. The van der Waals surface area contributed by atoms with Gasteiger partial charge in [0, 0.05) is 32.1 Å². The molecule has 5 heteroatoms. The van der Waals surface area contributed by atoms with Crippen molar-refractivity contribution in [3.05, 3.63) is 41.4 Å². The molecule has 0 atom stereocenters. The fourth-order valence-corrected chi connectivity index (χ4v) is 2.06. The van der Waals surface area contributed by atoms with Gasteiger partial charge in [0.05, 0.1) is 12.8 Å². The van der Waals surface area contributed by atoms with Gasteiger partial charge >= 0.3 is 0 Å². The van der Waals surface area contributed by atoms with Crippen LogP contribution >= 0.6 is 0 Å². The van der Waals surface area contributed by atoms with Crippen LogP contribution in [-0.4, -0.2) is 31.2 Å². The summed E-state index contributed by atoms with van der Waals surface area (Å²) in [5.41, 5.74) is 3.47. The molecule has 0 radical (unpaired) electrons. The maximum atomic E-state index is 11.6. The van der Waals surface area contributed by atoms with Crippen LogP contribution in [-0.2, 0) is 16.0 Å². The van der Waals surface area contributed by atoms with E-state index in [9.17, 15) is 4.79 Å². The quantitative estimate of drug-likeness (QED) is 0.799. The summed E-state index contributed by atoms with van der Waals surface area (Å²) in [5, 5.41) is 2.77. The summed E-state index contributed by atoms with van der Waals surface area (Å²) in [6, 6.07) is 6.16. The van der Waals surface area contributed by atoms with Crippen LogP contribution in [0, 0.1) is 13.8 Å². The summed E-state index contributed by atoms with van der Waals surface area (Å²) < 4.78 is 10.6. The Morgan fingerprint density at radius 3 is 2.86 bits per heavy atom. The molecule has 0 spiro atoms.